The Bertz CT molecular complexity index is 645. The number of anilines is 1. The quantitative estimate of drug-likeness (QED) is 0.836. The maximum atomic E-state index is 5.70. The molecule has 0 amide bonds. The molecule has 0 spiro atoms. The van der Waals surface area contributed by atoms with E-state index in [1.165, 1.54) is 4.88 Å². The summed E-state index contributed by atoms with van der Waals surface area (Å²) in [5.74, 6) is 1.25. The molecular formula is C15H24N6O2S. The number of ether oxygens (including phenoxy) is 1. The number of methoxy groups -OCH3 is 1. The average Bonchev–Trinajstić information content (AvgIpc) is 3.14. The second-order valence-electron chi connectivity index (χ2n) is 5.99. The van der Waals surface area contributed by atoms with Crippen LogP contribution in [0, 0.1) is 0 Å². The van der Waals surface area contributed by atoms with Gasteiger partial charge < -0.3 is 15.0 Å². The zero-order chi connectivity index (χ0) is 16.9. The van der Waals surface area contributed by atoms with Crippen LogP contribution in [0.5, 0.6) is 0 Å². The van der Waals surface area contributed by atoms with E-state index in [1.807, 2.05) is 13.1 Å². The summed E-state index contributed by atoms with van der Waals surface area (Å²) in [7, 11) is 1.64. The van der Waals surface area contributed by atoms with Gasteiger partial charge in [0.25, 0.3) is 0 Å². The molecule has 1 aliphatic rings. The standard InChI is InChI=1S/C15H24N6O2S/c1-11(22-2)14-18-13(23-19-14)10-21-5-3-4-20(6-7-21)9-12-8-17-15(16)24-12/h8,11H,3-7,9-10H2,1-2H3,(H2,16,17). The number of nitrogen functional groups attached to an aromatic ring is 1. The SMILES string of the molecule is COC(C)c1noc(CN2CCCN(Cc3cnc(N)s3)CC2)n1. The summed E-state index contributed by atoms with van der Waals surface area (Å²) in [5, 5.41) is 4.62. The number of nitrogens with two attached hydrogens (primary N) is 1. The Labute approximate surface area is 145 Å². The molecule has 1 fully saturated rings. The highest BCUT2D eigenvalue weighted by atomic mass is 32.1. The van der Waals surface area contributed by atoms with Crippen molar-refractivity contribution in [2.75, 3.05) is 39.0 Å². The van der Waals surface area contributed by atoms with Gasteiger partial charge >= 0.3 is 0 Å². The van der Waals surface area contributed by atoms with Crippen LogP contribution in [-0.4, -0.2) is 58.2 Å². The predicted molar refractivity (Wildman–Crippen MR) is 91.4 cm³/mol. The molecule has 2 aromatic rings. The zero-order valence-corrected chi connectivity index (χ0v) is 15.0. The highest BCUT2D eigenvalue weighted by molar-refractivity contribution is 7.15. The van der Waals surface area contributed by atoms with Crippen LogP contribution in [0.4, 0.5) is 5.13 Å². The average molecular weight is 352 g/mol. The van der Waals surface area contributed by atoms with E-state index < -0.39 is 0 Å². The van der Waals surface area contributed by atoms with Crippen molar-refractivity contribution in [3.63, 3.8) is 0 Å². The number of aromatic nitrogens is 3. The summed E-state index contributed by atoms with van der Waals surface area (Å²) < 4.78 is 10.6. The van der Waals surface area contributed by atoms with Gasteiger partial charge in [0.2, 0.25) is 5.89 Å². The van der Waals surface area contributed by atoms with Gasteiger partial charge in [0, 0.05) is 37.8 Å². The smallest absolute Gasteiger partial charge is 0.240 e. The Hall–Kier alpha value is -1.55. The normalized spacial score (nSPS) is 18.6. The maximum Gasteiger partial charge on any atom is 0.240 e. The second kappa shape index (κ2) is 8.02. The Morgan fingerprint density at radius 2 is 2.04 bits per heavy atom. The molecule has 1 saturated heterocycles. The number of hydrogen-bond acceptors (Lipinski definition) is 9. The second-order valence-corrected chi connectivity index (χ2v) is 7.14. The number of nitrogens with zero attached hydrogens (tertiary/aromatic N) is 5. The van der Waals surface area contributed by atoms with Gasteiger partial charge in [-0.15, -0.1) is 11.3 Å². The van der Waals surface area contributed by atoms with Gasteiger partial charge in [-0.1, -0.05) is 5.16 Å². The van der Waals surface area contributed by atoms with E-state index in [9.17, 15) is 0 Å². The summed E-state index contributed by atoms with van der Waals surface area (Å²) in [6.45, 7) is 7.59. The fourth-order valence-corrected chi connectivity index (χ4v) is 3.48. The van der Waals surface area contributed by atoms with Crippen LogP contribution >= 0.6 is 11.3 Å². The van der Waals surface area contributed by atoms with E-state index in [0.717, 1.165) is 39.1 Å². The van der Waals surface area contributed by atoms with Crippen LogP contribution in [0.2, 0.25) is 0 Å². The highest BCUT2D eigenvalue weighted by Crippen LogP contribution is 2.18. The largest absolute Gasteiger partial charge is 0.375 e. The monoisotopic (exact) mass is 352 g/mol. The minimum atomic E-state index is -0.144. The summed E-state index contributed by atoms with van der Waals surface area (Å²) in [6.07, 6.45) is 2.84. The van der Waals surface area contributed by atoms with Crippen LogP contribution in [-0.2, 0) is 17.8 Å². The highest BCUT2D eigenvalue weighted by Gasteiger charge is 2.19. The van der Waals surface area contributed by atoms with Crippen molar-refractivity contribution in [3.05, 3.63) is 22.8 Å². The fraction of sp³-hybridized carbons (Fsp3) is 0.667. The summed E-state index contributed by atoms with van der Waals surface area (Å²) in [6, 6.07) is 0. The topological polar surface area (TPSA) is 93.5 Å². The molecule has 1 unspecified atom stereocenters. The lowest BCUT2D eigenvalue weighted by Crippen LogP contribution is -2.30. The third-order valence-corrected chi connectivity index (χ3v) is 5.00. The molecule has 0 saturated carbocycles. The van der Waals surface area contributed by atoms with Gasteiger partial charge in [-0.3, -0.25) is 9.80 Å². The Kier molecular flexibility index (Phi) is 5.77. The molecule has 2 aromatic heterocycles. The van der Waals surface area contributed by atoms with Crippen molar-refractivity contribution < 1.29 is 9.26 Å². The molecule has 1 aliphatic heterocycles. The molecule has 3 heterocycles. The van der Waals surface area contributed by atoms with Gasteiger partial charge in [-0.05, 0) is 26.4 Å². The van der Waals surface area contributed by atoms with Crippen LogP contribution in [0.25, 0.3) is 0 Å². The molecule has 1 atom stereocenters. The summed E-state index contributed by atoms with van der Waals surface area (Å²) in [4.78, 5) is 14.6. The van der Waals surface area contributed by atoms with Crippen molar-refractivity contribution >= 4 is 16.5 Å². The molecule has 3 rings (SSSR count). The third-order valence-electron chi connectivity index (χ3n) is 4.19. The first-order valence-corrected chi connectivity index (χ1v) is 8.96. The fourth-order valence-electron chi connectivity index (χ4n) is 2.75. The third kappa shape index (κ3) is 4.50. The zero-order valence-electron chi connectivity index (χ0n) is 14.1. The molecule has 0 bridgehead atoms. The van der Waals surface area contributed by atoms with E-state index in [4.69, 9.17) is 15.0 Å². The first kappa shape index (κ1) is 17.3. The van der Waals surface area contributed by atoms with Crippen LogP contribution in [0.3, 0.4) is 0 Å². The maximum absolute atomic E-state index is 5.70. The summed E-state index contributed by atoms with van der Waals surface area (Å²) in [5.41, 5.74) is 5.70. The van der Waals surface area contributed by atoms with Gasteiger partial charge in [0.15, 0.2) is 11.0 Å². The van der Waals surface area contributed by atoms with E-state index in [2.05, 4.69) is 24.9 Å². The molecule has 132 valence electrons. The lowest BCUT2D eigenvalue weighted by Gasteiger charge is -2.20. The Balaban J connectivity index is 1.51. The Morgan fingerprint density at radius 1 is 1.29 bits per heavy atom. The minimum absolute atomic E-state index is 0.144. The van der Waals surface area contributed by atoms with Gasteiger partial charge in [0.05, 0.1) is 6.54 Å². The van der Waals surface area contributed by atoms with Crippen LogP contribution < -0.4 is 5.73 Å². The van der Waals surface area contributed by atoms with Crippen molar-refractivity contribution in [1.82, 2.24) is 24.9 Å². The van der Waals surface area contributed by atoms with Crippen LogP contribution in [0.15, 0.2) is 10.7 Å². The van der Waals surface area contributed by atoms with E-state index in [0.29, 0.717) is 23.4 Å². The van der Waals surface area contributed by atoms with E-state index in [-0.39, 0.29) is 6.10 Å². The minimum Gasteiger partial charge on any atom is -0.375 e. The van der Waals surface area contributed by atoms with Crippen molar-refractivity contribution in [2.24, 2.45) is 0 Å². The lowest BCUT2D eigenvalue weighted by molar-refractivity contribution is 0.109. The molecule has 0 radical (unpaired) electrons. The first-order valence-electron chi connectivity index (χ1n) is 8.14. The van der Waals surface area contributed by atoms with Gasteiger partial charge in [-0.2, -0.15) is 4.98 Å². The number of hydrogen-bond donors (Lipinski definition) is 1. The summed E-state index contributed by atoms with van der Waals surface area (Å²) >= 11 is 1.57. The molecule has 0 aromatic carbocycles. The molecule has 2 N–H and O–H groups in total. The van der Waals surface area contributed by atoms with Gasteiger partial charge in [0.1, 0.15) is 6.10 Å². The van der Waals surface area contributed by atoms with Crippen molar-refractivity contribution in [2.45, 2.75) is 32.5 Å². The molecular weight excluding hydrogens is 328 g/mol. The van der Waals surface area contributed by atoms with E-state index in [1.54, 1.807) is 18.4 Å². The number of thiazole rings is 1. The molecule has 9 heteroatoms. The van der Waals surface area contributed by atoms with Crippen molar-refractivity contribution in [3.8, 4) is 0 Å². The molecule has 24 heavy (non-hydrogen) atoms. The molecule has 0 aliphatic carbocycles. The van der Waals surface area contributed by atoms with Gasteiger partial charge in [-0.25, -0.2) is 4.98 Å². The predicted octanol–water partition coefficient (Wildman–Crippen LogP) is 1.52. The molecule has 8 nitrogen and oxygen atoms in total. The lowest BCUT2D eigenvalue weighted by atomic mass is 10.3. The van der Waals surface area contributed by atoms with E-state index >= 15 is 0 Å². The van der Waals surface area contributed by atoms with Crippen LogP contribution in [0.1, 0.15) is 36.0 Å². The Morgan fingerprint density at radius 3 is 2.71 bits per heavy atom. The number of rotatable bonds is 6. The van der Waals surface area contributed by atoms with Crippen molar-refractivity contribution in [1.29, 1.82) is 0 Å². The first-order chi connectivity index (χ1) is 11.6.